The molecule has 0 radical (unpaired) electrons. The molecule has 1 heterocycles. The maximum Gasteiger partial charge on any atom is 0.308 e. The van der Waals surface area contributed by atoms with Crippen LogP contribution in [0.4, 0.5) is 4.39 Å². The summed E-state index contributed by atoms with van der Waals surface area (Å²) in [6.07, 6.45) is 1.16. The van der Waals surface area contributed by atoms with Gasteiger partial charge < -0.3 is 10.0 Å². The van der Waals surface area contributed by atoms with Crippen molar-refractivity contribution < 1.29 is 19.1 Å². The predicted octanol–water partition coefficient (Wildman–Crippen LogP) is 2.80. The van der Waals surface area contributed by atoms with Gasteiger partial charge in [0.2, 0.25) is 0 Å². The van der Waals surface area contributed by atoms with Crippen LogP contribution in [0.3, 0.4) is 0 Å². The average molecular weight is 300 g/mol. The number of hydrogen-bond donors (Lipinski definition) is 1. The lowest BCUT2D eigenvalue weighted by molar-refractivity contribution is -0.143. The van der Waals surface area contributed by atoms with Crippen molar-refractivity contribution in [2.45, 2.75) is 25.8 Å². The Bertz CT molecular complexity index is 529. The molecule has 6 heteroatoms. The average Bonchev–Trinajstić information content (AvgIpc) is 2.37. The summed E-state index contributed by atoms with van der Waals surface area (Å²) in [7, 11) is 0. The van der Waals surface area contributed by atoms with E-state index in [9.17, 15) is 14.0 Å². The lowest BCUT2D eigenvalue weighted by Crippen LogP contribution is -2.47. The van der Waals surface area contributed by atoms with Crippen molar-refractivity contribution in [3.63, 3.8) is 0 Å². The van der Waals surface area contributed by atoms with E-state index in [-0.39, 0.29) is 29.1 Å². The number of carbonyl (C=O) groups excluding carboxylic acids is 1. The molecule has 1 fully saturated rings. The fourth-order valence-corrected chi connectivity index (χ4v) is 2.66. The van der Waals surface area contributed by atoms with E-state index in [0.29, 0.717) is 12.8 Å². The van der Waals surface area contributed by atoms with Crippen molar-refractivity contribution in [1.29, 1.82) is 0 Å². The highest BCUT2D eigenvalue weighted by atomic mass is 35.5. The second kappa shape index (κ2) is 5.79. The summed E-state index contributed by atoms with van der Waals surface area (Å²) in [4.78, 5) is 24.9. The number of carboxylic acid groups (broad SMARTS) is 1. The predicted molar refractivity (Wildman–Crippen MR) is 72.3 cm³/mol. The molecule has 0 aromatic heterocycles. The topological polar surface area (TPSA) is 57.6 Å². The molecule has 2 atom stereocenters. The first-order valence-electron chi connectivity index (χ1n) is 6.38. The summed E-state index contributed by atoms with van der Waals surface area (Å²) in [6.45, 7) is 2.00. The van der Waals surface area contributed by atoms with Crippen LogP contribution in [0.25, 0.3) is 0 Å². The van der Waals surface area contributed by atoms with Gasteiger partial charge in [-0.3, -0.25) is 9.59 Å². The summed E-state index contributed by atoms with van der Waals surface area (Å²) in [5.41, 5.74) is 0.146. The van der Waals surface area contributed by atoms with Crippen molar-refractivity contribution in [3.8, 4) is 0 Å². The summed E-state index contributed by atoms with van der Waals surface area (Å²) in [6, 6.07) is 3.56. The highest BCUT2D eigenvalue weighted by molar-refractivity contribution is 6.31. The third-order valence-corrected chi connectivity index (χ3v) is 3.82. The molecule has 1 aromatic rings. The molecule has 1 aliphatic heterocycles. The Morgan fingerprint density at radius 3 is 2.65 bits per heavy atom. The minimum atomic E-state index is -0.910. The normalized spacial score (nSPS) is 22.6. The Morgan fingerprint density at radius 2 is 2.05 bits per heavy atom. The fourth-order valence-electron chi connectivity index (χ4n) is 2.43. The van der Waals surface area contributed by atoms with E-state index < -0.39 is 17.7 Å². The number of likely N-dealkylation sites (tertiary alicyclic amines) is 1. The van der Waals surface area contributed by atoms with Crippen LogP contribution in [0.1, 0.15) is 30.1 Å². The smallest absolute Gasteiger partial charge is 0.308 e. The zero-order chi connectivity index (χ0) is 14.9. The molecule has 1 saturated heterocycles. The highest BCUT2D eigenvalue weighted by Gasteiger charge is 2.33. The van der Waals surface area contributed by atoms with Gasteiger partial charge in [0.25, 0.3) is 5.91 Å². The van der Waals surface area contributed by atoms with Gasteiger partial charge in [0, 0.05) is 23.2 Å². The molecular formula is C14H15ClFNO3. The lowest BCUT2D eigenvalue weighted by atomic mass is 9.93. The van der Waals surface area contributed by atoms with Crippen LogP contribution in [0.15, 0.2) is 18.2 Å². The number of carboxylic acids is 1. The monoisotopic (exact) mass is 299 g/mol. The number of carbonyl (C=O) groups is 2. The lowest BCUT2D eigenvalue weighted by Gasteiger charge is -2.36. The van der Waals surface area contributed by atoms with Crippen LogP contribution < -0.4 is 0 Å². The largest absolute Gasteiger partial charge is 0.481 e. The van der Waals surface area contributed by atoms with Crippen LogP contribution in [-0.4, -0.2) is 34.5 Å². The van der Waals surface area contributed by atoms with Crippen molar-refractivity contribution in [1.82, 2.24) is 4.90 Å². The van der Waals surface area contributed by atoms with Crippen LogP contribution in [-0.2, 0) is 4.79 Å². The Labute approximate surface area is 121 Å². The summed E-state index contributed by atoms with van der Waals surface area (Å²) in [5, 5.41) is 9.21. The van der Waals surface area contributed by atoms with Crippen molar-refractivity contribution >= 4 is 23.5 Å². The van der Waals surface area contributed by atoms with Crippen LogP contribution >= 0.6 is 11.6 Å². The number of hydrogen-bond acceptors (Lipinski definition) is 2. The standard InChI is InChI=1S/C14H15ClFNO3/c1-8-2-3-9(14(19)20)7-17(8)13(18)10-4-11(15)6-12(16)5-10/h4-6,8-9H,2-3,7H2,1H3,(H,19,20)/t8-,9+/m0/s1. The molecule has 0 spiro atoms. The third-order valence-electron chi connectivity index (χ3n) is 3.60. The molecule has 0 unspecified atom stereocenters. The van der Waals surface area contributed by atoms with Gasteiger partial charge in [-0.2, -0.15) is 0 Å². The molecule has 4 nitrogen and oxygen atoms in total. The van der Waals surface area contributed by atoms with Crippen LogP contribution in [0.5, 0.6) is 0 Å². The summed E-state index contributed by atoms with van der Waals surface area (Å²) < 4.78 is 13.3. The summed E-state index contributed by atoms with van der Waals surface area (Å²) >= 11 is 5.74. The first-order valence-corrected chi connectivity index (χ1v) is 6.76. The molecular weight excluding hydrogens is 285 g/mol. The first kappa shape index (κ1) is 14.8. The third kappa shape index (κ3) is 3.10. The van der Waals surface area contributed by atoms with Gasteiger partial charge in [-0.05, 0) is 38.0 Å². The number of rotatable bonds is 2. The molecule has 1 aliphatic rings. The van der Waals surface area contributed by atoms with Crippen molar-refractivity contribution in [3.05, 3.63) is 34.6 Å². The van der Waals surface area contributed by atoms with Gasteiger partial charge in [-0.1, -0.05) is 11.6 Å². The SMILES string of the molecule is C[C@H]1CC[C@@H](C(=O)O)CN1C(=O)c1cc(F)cc(Cl)c1. The van der Waals surface area contributed by atoms with E-state index >= 15 is 0 Å². The fraction of sp³-hybridized carbons (Fsp3) is 0.429. The molecule has 1 amide bonds. The van der Waals surface area contributed by atoms with Gasteiger partial charge in [-0.15, -0.1) is 0 Å². The number of benzene rings is 1. The molecule has 1 aromatic carbocycles. The van der Waals surface area contributed by atoms with E-state index in [1.54, 1.807) is 0 Å². The number of nitrogens with zero attached hydrogens (tertiary/aromatic N) is 1. The van der Waals surface area contributed by atoms with Gasteiger partial charge >= 0.3 is 5.97 Å². The van der Waals surface area contributed by atoms with E-state index in [1.165, 1.54) is 11.0 Å². The van der Waals surface area contributed by atoms with Gasteiger partial charge in [0.05, 0.1) is 5.92 Å². The quantitative estimate of drug-likeness (QED) is 0.913. The van der Waals surface area contributed by atoms with Crippen LogP contribution in [0.2, 0.25) is 5.02 Å². The number of amides is 1. The second-order valence-electron chi connectivity index (χ2n) is 5.08. The zero-order valence-electron chi connectivity index (χ0n) is 11.0. The second-order valence-corrected chi connectivity index (χ2v) is 5.51. The minimum absolute atomic E-state index is 0.0693. The van der Waals surface area contributed by atoms with Crippen LogP contribution in [0, 0.1) is 11.7 Å². The molecule has 0 aliphatic carbocycles. The molecule has 0 saturated carbocycles. The van der Waals surface area contributed by atoms with E-state index in [2.05, 4.69) is 0 Å². The van der Waals surface area contributed by atoms with E-state index in [1.807, 2.05) is 6.92 Å². The maximum absolute atomic E-state index is 13.3. The number of aliphatic carboxylic acids is 1. The molecule has 1 N–H and O–H groups in total. The maximum atomic E-state index is 13.3. The minimum Gasteiger partial charge on any atom is -0.481 e. The number of halogens is 2. The Kier molecular flexibility index (Phi) is 4.28. The van der Waals surface area contributed by atoms with Gasteiger partial charge in [-0.25, -0.2) is 4.39 Å². The van der Waals surface area contributed by atoms with E-state index in [0.717, 1.165) is 12.1 Å². The van der Waals surface area contributed by atoms with Gasteiger partial charge in [0.1, 0.15) is 5.82 Å². The molecule has 2 rings (SSSR count). The highest BCUT2D eigenvalue weighted by Crippen LogP contribution is 2.25. The van der Waals surface area contributed by atoms with Crippen molar-refractivity contribution in [2.24, 2.45) is 5.92 Å². The Hall–Kier alpha value is -1.62. The first-order chi connectivity index (χ1) is 9.38. The van der Waals surface area contributed by atoms with E-state index in [4.69, 9.17) is 16.7 Å². The number of piperidine rings is 1. The molecule has 20 heavy (non-hydrogen) atoms. The Balaban J connectivity index is 2.24. The van der Waals surface area contributed by atoms with Gasteiger partial charge in [0.15, 0.2) is 0 Å². The molecule has 0 bridgehead atoms. The zero-order valence-corrected chi connectivity index (χ0v) is 11.7. The van der Waals surface area contributed by atoms with Crippen molar-refractivity contribution in [2.75, 3.05) is 6.54 Å². The molecule has 108 valence electrons. The summed E-state index contributed by atoms with van der Waals surface area (Å²) in [5.74, 6) is -2.45. The Morgan fingerprint density at radius 1 is 1.35 bits per heavy atom.